The van der Waals surface area contributed by atoms with Crippen molar-refractivity contribution in [3.63, 3.8) is 0 Å². The van der Waals surface area contributed by atoms with Crippen LogP contribution in [0.1, 0.15) is 9.75 Å². The van der Waals surface area contributed by atoms with Crippen LogP contribution in [0.25, 0.3) is 0 Å². The lowest BCUT2D eigenvalue weighted by Crippen LogP contribution is -2.17. The fourth-order valence-corrected chi connectivity index (χ4v) is 2.22. The molecule has 0 aliphatic heterocycles. The Bertz CT molecular complexity index is 323. The van der Waals surface area contributed by atoms with Gasteiger partial charge in [-0.15, -0.1) is 11.3 Å². The lowest BCUT2D eigenvalue weighted by atomic mass is 10.4. The van der Waals surface area contributed by atoms with Gasteiger partial charge in [-0.25, -0.2) is 0 Å². The van der Waals surface area contributed by atoms with E-state index in [0.717, 1.165) is 11.4 Å². The van der Waals surface area contributed by atoms with Crippen LogP contribution in [0.3, 0.4) is 0 Å². The van der Waals surface area contributed by atoms with Crippen LogP contribution in [0.5, 0.6) is 0 Å². The van der Waals surface area contributed by atoms with Crippen LogP contribution in [-0.2, 0) is 22.7 Å². The maximum absolute atomic E-state index is 10.4. The number of hydrogen-bond acceptors (Lipinski definition) is 4. The number of carbonyl (C=O) groups excluding carboxylic acids is 1. The molecule has 0 radical (unpaired) electrons. The van der Waals surface area contributed by atoms with Crippen molar-refractivity contribution in [1.82, 2.24) is 4.90 Å². The Balaban J connectivity index is 2.36. The highest BCUT2D eigenvalue weighted by molar-refractivity contribution is 7.11. The first kappa shape index (κ1) is 12.2. The maximum Gasteiger partial charge on any atom is 0.243 e. The topological polar surface area (TPSA) is 55.6 Å². The van der Waals surface area contributed by atoms with Crippen LogP contribution in [0.4, 0.5) is 0 Å². The van der Waals surface area contributed by atoms with E-state index in [1.54, 1.807) is 11.3 Å². The number of nitrogens with zero attached hydrogens (tertiary/aromatic N) is 1. The van der Waals surface area contributed by atoms with Gasteiger partial charge < -0.3 is 15.4 Å². The number of ether oxygens (including phenoxy) is 1. The van der Waals surface area contributed by atoms with Gasteiger partial charge in [0.15, 0.2) is 0 Å². The van der Waals surface area contributed by atoms with Gasteiger partial charge in [0, 0.05) is 16.3 Å². The largest absolute Gasteiger partial charge is 0.368 e. The fraction of sp³-hybridized carbons (Fsp3) is 0.500. The van der Waals surface area contributed by atoms with E-state index in [0.29, 0.717) is 6.61 Å². The van der Waals surface area contributed by atoms with Crippen molar-refractivity contribution in [3.05, 3.63) is 21.9 Å². The summed E-state index contributed by atoms with van der Waals surface area (Å²) in [5.74, 6) is -0.430. The van der Waals surface area contributed by atoms with Crippen LogP contribution in [0.2, 0.25) is 0 Å². The molecule has 0 aliphatic carbocycles. The third-order valence-electron chi connectivity index (χ3n) is 1.68. The zero-order chi connectivity index (χ0) is 11.3. The summed E-state index contributed by atoms with van der Waals surface area (Å²) >= 11 is 1.69. The van der Waals surface area contributed by atoms with E-state index in [9.17, 15) is 4.79 Å². The summed E-state index contributed by atoms with van der Waals surface area (Å²) in [5.41, 5.74) is 4.96. The highest BCUT2D eigenvalue weighted by atomic mass is 32.1. The minimum atomic E-state index is -0.430. The zero-order valence-corrected chi connectivity index (χ0v) is 9.84. The Labute approximate surface area is 93.6 Å². The van der Waals surface area contributed by atoms with E-state index in [2.05, 4.69) is 11.0 Å². The Hall–Kier alpha value is -0.910. The average molecular weight is 228 g/mol. The third kappa shape index (κ3) is 4.92. The molecule has 0 saturated carbocycles. The van der Waals surface area contributed by atoms with E-state index >= 15 is 0 Å². The van der Waals surface area contributed by atoms with Gasteiger partial charge in [-0.1, -0.05) is 0 Å². The molecule has 5 heteroatoms. The quantitative estimate of drug-likeness (QED) is 0.784. The molecular formula is C10H16N2O2S. The molecule has 15 heavy (non-hydrogen) atoms. The Morgan fingerprint density at radius 3 is 2.73 bits per heavy atom. The van der Waals surface area contributed by atoms with Gasteiger partial charge in [0.2, 0.25) is 5.91 Å². The molecule has 0 spiro atoms. The van der Waals surface area contributed by atoms with E-state index in [4.69, 9.17) is 10.5 Å². The second-order valence-corrected chi connectivity index (χ2v) is 4.82. The van der Waals surface area contributed by atoms with Crippen molar-refractivity contribution in [3.8, 4) is 0 Å². The van der Waals surface area contributed by atoms with Crippen molar-refractivity contribution in [2.24, 2.45) is 5.73 Å². The summed E-state index contributed by atoms with van der Waals surface area (Å²) in [5, 5.41) is 0. The van der Waals surface area contributed by atoms with Crippen molar-refractivity contribution >= 4 is 17.2 Å². The monoisotopic (exact) mass is 228 g/mol. The summed E-state index contributed by atoms with van der Waals surface area (Å²) in [6.45, 7) is 1.38. The number of amides is 1. The second kappa shape index (κ2) is 5.85. The molecule has 1 rings (SSSR count). The van der Waals surface area contributed by atoms with Crippen molar-refractivity contribution in [1.29, 1.82) is 0 Å². The molecule has 1 aromatic rings. The molecule has 1 amide bonds. The Morgan fingerprint density at radius 1 is 1.47 bits per heavy atom. The summed E-state index contributed by atoms with van der Waals surface area (Å²) in [4.78, 5) is 15.0. The predicted octanol–water partition coefficient (Wildman–Crippen LogP) is 0.812. The van der Waals surface area contributed by atoms with Crippen LogP contribution in [0, 0.1) is 0 Å². The van der Waals surface area contributed by atoms with Crippen LogP contribution < -0.4 is 5.73 Å². The number of rotatable bonds is 6. The van der Waals surface area contributed by atoms with Gasteiger partial charge >= 0.3 is 0 Å². The van der Waals surface area contributed by atoms with Crippen molar-refractivity contribution in [2.45, 2.75) is 13.2 Å². The van der Waals surface area contributed by atoms with Gasteiger partial charge in [-0.3, -0.25) is 4.79 Å². The van der Waals surface area contributed by atoms with E-state index in [1.165, 1.54) is 4.88 Å². The first-order valence-electron chi connectivity index (χ1n) is 4.66. The molecule has 2 N–H and O–H groups in total. The van der Waals surface area contributed by atoms with Crippen molar-refractivity contribution < 1.29 is 9.53 Å². The summed E-state index contributed by atoms with van der Waals surface area (Å²) < 4.78 is 5.12. The van der Waals surface area contributed by atoms with E-state index in [1.807, 2.05) is 20.2 Å². The zero-order valence-electron chi connectivity index (χ0n) is 9.03. The smallest absolute Gasteiger partial charge is 0.243 e. The molecule has 1 aromatic heterocycles. The standard InChI is InChI=1S/C10H16N2O2S/c1-12(2)5-8-3-4-9(15-8)6-14-7-10(11)13/h3-4H,5-7H2,1-2H3,(H2,11,13). The predicted molar refractivity (Wildman–Crippen MR) is 60.6 cm³/mol. The normalized spacial score (nSPS) is 10.9. The van der Waals surface area contributed by atoms with Crippen molar-refractivity contribution in [2.75, 3.05) is 20.7 Å². The van der Waals surface area contributed by atoms with Gasteiger partial charge in [0.05, 0.1) is 6.61 Å². The number of primary amides is 1. The van der Waals surface area contributed by atoms with Gasteiger partial charge in [0.1, 0.15) is 6.61 Å². The molecule has 0 bridgehead atoms. The van der Waals surface area contributed by atoms with Gasteiger partial charge in [-0.05, 0) is 26.2 Å². The Kier molecular flexibility index (Phi) is 4.74. The average Bonchev–Trinajstić information content (AvgIpc) is 2.50. The molecule has 1 heterocycles. The first-order valence-corrected chi connectivity index (χ1v) is 5.48. The molecule has 0 fully saturated rings. The number of nitrogens with two attached hydrogens (primary N) is 1. The number of thiophene rings is 1. The van der Waals surface area contributed by atoms with E-state index < -0.39 is 5.91 Å². The lowest BCUT2D eigenvalue weighted by molar-refractivity contribution is -0.122. The Morgan fingerprint density at radius 2 is 2.13 bits per heavy atom. The second-order valence-electron chi connectivity index (χ2n) is 3.56. The molecule has 0 atom stereocenters. The highest BCUT2D eigenvalue weighted by Crippen LogP contribution is 2.18. The lowest BCUT2D eigenvalue weighted by Gasteiger charge is -2.06. The van der Waals surface area contributed by atoms with Gasteiger partial charge in [-0.2, -0.15) is 0 Å². The first-order chi connectivity index (χ1) is 7.08. The van der Waals surface area contributed by atoms with Crippen LogP contribution >= 0.6 is 11.3 Å². The number of hydrogen-bond donors (Lipinski definition) is 1. The molecule has 0 unspecified atom stereocenters. The molecule has 0 aromatic carbocycles. The third-order valence-corrected chi connectivity index (χ3v) is 2.72. The fourth-order valence-electron chi connectivity index (χ4n) is 1.15. The molecule has 0 aliphatic rings. The summed E-state index contributed by atoms with van der Waals surface area (Å²) in [6, 6.07) is 4.10. The minimum absolute atomic E-state index is 0.0130. The molecule has 4 nitrogen and oxygen atoms in total. The minimum Gasteiger partial charge on any atom is -0.368 e. The van der Waals surface area contributed by atoms with Crippen LogP contribution in [0.15, 0.2) is 12.1 Å². The summed E-state index contributed by atoms with van der Waals surface area (Å²) in [7, 11) is 4.06. The van der Waals surface area contributed by atoms with Crippen LogP contribution in [-0.4, -0.2) is 31.5 Å². The molecule has 0 saturated heterocycles. The maximum atomic E-state index is 10.4. The van der Waals surface area contributed by atoms with E-state index in [-0.39, 0.29) is 6.61 Å². The highest BCUT2D eigenvalue weighted by Gasteiger charge is 2.02. The summed E-state index contributed by atoms with van der Waals surface area (Å²) in [6.07, 6.45) is 0. The number of carbonyl (C=O) groups is 1. The SMILES string of the molecule is CN(C)Cc1ccc(COCC(N)=O)s1. The van der Waals surface area contributed by atoms with Gasteiger partial charge in [0.25, 0.3) is 0 Å². The molecular weight excluding hydrogens is 212 g/mol. The molecule has 84 valence electrons.